The molecule has 0 unspecified atom stereocenters. The highest BCUT2D eigenvalue weighted by Crippen LogP contribution is 2.33. The van der Waals surface area contributed by atoms with Crippen LogP contribution in [0.4, 0.5) is 0 Å². The highest BCUT2D eigenvalue weighted by atomic mass is 16.5. The average molecular weight is 321 g/mol. The van der Waals surface area contributed by atoms with Crippen LogP contribution in [0.5, 0.6) is 5.75 Å². The Kier molecular flexibility index (Phi) is 5.26. The highest BCUT2D eigenvalue weighted by molar-refractivity contribution is 5.85. The second-order valence-electron chi connectivity index (χ2n) is 6.02. The lowest BCUT2D eigenvalue weighted by Crippen LogP contribution is -2.41. The zero-order chi connectivity index (χ0) is 17.0. The van der Waals surface area contributed by atoms with Gasteiger partial charge in [0.15, 0.2) is 0 Å². The number of carbonyl (C=O) groups is 2. The third-order valence-corrected chi connectivity index (χ3v) is 4.53. The zero-order valence-corrected chi connectivity index (χ0v) is 13.7. The number of methoxy groups -OCH3 is 2. The van der Waals surface area contributed by atoms with Gasteiger partial charge < -0.3 is 19.5 Å². The van der Waals surface area contributed by atoms with Crippen LogP contribution in [0, 0.1) is 5.41 Å². The summed E-state index contributed by atoms with van der Waals surface area (Å²) in [6.45, 7) is 2.58. The third-order valence-electron chi connectivity index (χ3n) is 4.53. The van der Waals surface area contributed by atoms with Gasteiger partial charge in [-0.1, -0.05) is 12.1 Å². The molecular weight excluding hydrogens is 298 g/mol. The number of hydrogen-bond donors (Lipinski definition) is 1. The number of carboxylic acid groups (broad SMARTS) is 1. The number of carbonyl (C=O) groups excluding carboxylic acids is 1. The molecule has 0 spiro atoms. The molecule has 1 amide bonds. The molecule has 1 aliphatic heterocycles. The number of nitrogens with zero attached hydrogens (tertiary/aromatic N) is 1. The van der Waals surface area contributed by atoms with Crippen molar-refractivity contribution in [2.75, 3.05) is 33.9 Å². The molecule has 2 rings (SSSR count). The van der Waals surface area contributed by atoms with Crippen molar-refractivity contribution in [2.24, 2.45) is 5.41 Å². The summed E-state index contributed by atoms with van der Waals surface area (Å²) >= 11 is 0. The smallest absolute Gasteiger partial charge is 0.313 e. The predicted molar refractivity (Wildman–Crippen MR) is 84.6 cm³/mol. The fourth-order valence-electron chi connectivity index (χ4n) is 3.00. The van der Waals surface area contributed by atoms with E-state index in [1.54, 1.807) is 12.0 Å². The van der Waals surface area contributed by atoms with Crippen molar-refractivity contribution in [3.05, 3.63) is 29.8 Å². The van der Waals surface area contributed by atoms with Gasteiger partial charge in [0.2, 0.25) is 5.91 Å². The molecule has 1 aromatic carbocycles. The monoisotopic (exact) mass is 321 g/mol. The molecule has 1 N–H and O–H groups in total. The minimum atomic E-state index is -0.996. The number of ether oxygens (including phenoxy) is 2. The van der Waals surface area contributed by atoms with Crippen LogP contribution in [0.1, 0.15) is 24.8 Å². The molecule has 0 aromatic heterocycles. The first-order valence-corrected chi connectivity index (χ1v) is 7.58. The predicted octanol–water partition coefficient (Wildman–Crippen LogP) is 1.75. The van der Waals surface area contributed by atoms with E-state index in [0.717, 1.165) is 11.3 Å². The lowest BCUT2D eigenvalue weighted by molar-refractivity contribution is -0.151. The summed E-state index contributed by atoms with van der Waals surface area (Å²) in [6, 6.07) is 7.35. The molecule has 23 heavy (non-hydrogen) atoms. The molecule has 0 bridgehead atoms. The lowest BCUT2D eigenvalue weighted by atomic mass is 9.88. The SMILES string of the molecule is COC[C@@]1(C(=O)O)CCN(C(=O)[C@H](C)c2ccc(OC)cc2)C1. The van der Waals surface area contributed by atoms with Crippen molar-refractivity contribution in [1.29, 1.82) is 0 Å². The van der Waals surface area contributed by atoms with Gasteiger partial charge in [0.05, 0.1) is 19.6 Å². The van der Waals surface area contributed by atoms with E-state index in [-0.39, 0.29) is 25.0 Å². The van der Waals surface area contributed by atoms with Crippen molar-refractivity contribution in [2.45, 2.75) is 19.3 Å². The Morgan fingerprint density at radius 1 is 1.30 bits per heavy atom. The van der Waals surface area contributed by atoms with E-state index in [0.29, 0.717) is 13.0 Å². The third kappa shape index (κ3) is 3.47. The molecule has 1 fully saturated rings. The maximum atomic E-state index is 12.7. The first-order chi connectivity index (χ1) is 10.9. The molecule has 1 saturated heterocycles. The number of benzene rings is 1. The molecule has 1 heterocycles. The van der Waals surface area contributed by atoms with Crippen molar-refractivity contribution in [3.63, 3.8) is 0 Å². The standard InChI is InChI=1S/C17H23NO5/c1-12(13-4-6-14(23-3)7-5-13)15(19)18-9-8-17(10-18,11-22-2)16(20)21/h4-7,12H,8-11H2,1-3H3,(H,20,21)/t12-,17-/m1/s1. The summed E-state index contributed by atoms with van der Waals surface area (Å²) in [7, 11) is 3.07. The van der Waals surface area contributed by atoms with Crippen LogP contribution in [-0.2, 0) is 14.3 Å². The Morgan fingerprint density at radius 3 is 2.48 bits per heavy atom. The summed E-state index contributed by atoms with van der Waals surface area (Å²) < 4.78 is 10.2. The fourth-order valence-corrected chi connectivity index (χ4v) is 3.00. The maximum Gasteiger partial charge on any atom is 0.313 e. The number of aliphatic carboxylic acids is 1. The largest absolute Gasteiger partial charge is 0.497 e. The minimum absolute atomic E-state index is 0.0607. The first kappa shape index (κ1) is 17.3. The maximum absolute atomic E-state index is 12.7. The van der Waals surface area contributed by atoms with Crippen molar-refractivity contribution >= 4 is 11.9 Å². The minimum Gasteiger partial charge on any atom is -0.497 e. The van der Waals surface area contributed by atoms with Crippen molar-refractivity contribution in [3.8, 4) is 5.75 Å². The van der Waals surface area contributed by atoms with Gasteiger partial charge in [0, 0.05) is 20.2 Å². The van der Waals surface area contributed by atoms with E-state index < -0.39 is 11.4 Å². The Labute approximate surface area is 136 Å². The number of hydrogen-bond acceptors (Lipinski definition) is 4. The van der Waals surface area contributed by atoms with Crippen LogP contribution in [0.25, 0.3) is 0 Å². The van der Waals surface area contributed by atoms with Gasteiger partial charge in [-0.3, -0.25) is 9.59 Å². The summed E-state index contributed by atoms with van der Waals surface area (Å²) in [6.07, 6.45) is 0.414. The number of rotatable bonds is 6. The van der Waals surface area contributed by atoms with Crippen molar-refractivity contribution < 1.29 is 24.2 Å². The topological polar surface area (TPSA) is 76.1 Å². The van der Waals surface area contributed by atoms with E-state index in [2.05, 4.69) is 0 Å². The average Bonchev–Trinajstić information content (AvgIpc) is 2.99. The Hall–Kier alpha value is -2.08. The molecule has 0 aliphatic carbocycles. The number of amides is 1. The van der Waals surface area contributed by atoms with E-state index in [9.17, 15) is 14.7 Å². The van der Waals surface area contributed by atoms with E-state index >= 15 is 0 Å². The lowest BCUT2D eigenvalue weighted by Gasteiger charge is -2.25. The van der Waals surface area contributed by atoms with Gasteiger partial charge >= 0.3 is 5.97 Å². The molecule has 6 heteroatoms. The molecule has 1 aliphatic rings. The van der Waals surface area contributed by atoms with Crippen LogP contribution in [-0.4, -0.2) is 55.8 Å². The van der Waals surface area contributed by atoms with Crippen LogP contribution in [0.15, 0.2) is 24.3 Å². The van der Waals surface area contributed by atoms with Crippen LogP contribution in [0.3, 0.4) is 0 Å². The summed E-state index contributed by atoms with van der Waals surface area (Å²) in [5.74, 6) is -0.561. The van der Waals surface area contributed by atoms with Gasteiger partial charge in [-0.05, 0) is 31.0 Å². The molecule has 1 aromatic rings. The van der Waals surface area contributed by atoms with Gasteiger partial charge in [-0.15, -0.1) is 0 Å². The second-order valence-corrected chi connectivity index (χ2v) is 6.02. The van der Waals surface area contributed by atoms with E-state index in [1.165, 1.54) is 7.11 Å². The summed E-state index contributed by atoms with van der Waals surface area (Å²) in [4.78, 5) is 25.9. The normalized spacial score (nSPS) is 22.0. The first-order valence-electron chi connectivity index (χ1n) is 7.58. The zero-order valence-electron chi connectivity index (χ0n) is 13.7. The molecule has 0 saturated carbocycles. The highest BCUT2D eigenvalue weighted by Gasteiger charge is 2.47. The van der Waals surface area contributed by atoms with Gasteiger partial charge in [0.1, 0.15) is 11.2 Å². The fraction of sp³-hybridized carbons (Fsp3) is 0.529. The Balaban J connectivity index is 2.09. The van der Waals surface area contributed by atoms with Crippen LogP contribution in [0.2, 0.25) is 0 Å². The Morgan fingerprint density at radius 2 is 1.96 bits per heavy atom. The molecule has 2 atom stereocenters. The molecule has 126 valence electrons. The Bertz CT molecular complexity index is 571. The summed E-state index contributed by atoms with van der Waals surface area (Å²) in [5, 5.41) is 9.48. The van der Waals surface area contributed by atoms with Crippen molar-refractivity contribution in [1.82, 2.24) is 4.90 Å². The molecule has 0 radical (unpaired) electrons. The number of likely N-dealkylation sites (tertiary alicyclic amines) is 1. The molecular formula is C17H23NO5. The quantitative estimate of drug-likeness (QED) is 0.864. The molecule has 6 nitrogen and oxygen atoms in total. The second kappa shape index (κ2) is 7.00. The summed E-state index contributed by atoms with van der Waals surface area (Å²) in [5.41, 5.74) is -0.111. The van der Waals surface area contributed by atoms with E-state index in [4.69, 9.17) is 9.47 Å². The van der Waals surface area contributed by atoms with Gasteiger partial charge in [0.25, 0.3) is 0 Å². The van der Waals surface area contributed by atoms with Crippen LogP contribution >= 0.6 is 0 Å². The van der Waals surface area contributed by atoms with Gasteiger partial charge in [-0.2, -0.15) is 0 Å². The van der Waals surface area contributed by atoms with E-state index in [1.807, 2.05) is 31.2 Å². The van der Waals surface area contributed by atoms with Gasteiger partial charge in [-0.25, -0.2) is 0 Å². The number of carboxylic acids is 1. The van der Waals surface area contributed by atoms with Crippen LogP contribution < -0.4 is 4.74 Å².